The van der Waals surface area contributed by atoms with Crippen molar-refractivity contribution in [2.24, 2.45) is 0 Å². The number of aromatic amines is 1. The lowest BCUT2D eigenvalue weighted by Gasteiger charge is -2.16. The molecule has 3 aromatic rings. The molecule has 2 N–H and O–H groups in total. The van der Waals surface area contributed by atoms with Gasteiger partial charge in [0.05, 0.1) is 23.0 Å². The van der Waals surface area contributed by atoms with E-state index in [0.29, 0.717) is 23.2 Å². The van der Waals surface area contributed by atoms with E-state index in [-0.39, 0.29) is 17.5 Å². The fourth-order valence-electron chi connectivity index (χ4n) is 2.55. The van der Waals surface area contributed by atoms with Gasteiger partial charge < -0.3 is 5.32 Å². The zero-order chi connectivity index (χ0) is 17.8. The number of halogens is 1. The highest BCUT2D eigenvalue weighted by Crippen LogP contribution is 2.18. The number of pyridine rings is 1. The van der Waals surface area contributed by atoms with Crippen molar-refractivity contribution in [1.29, 1.82) is 0 Å². The number of nitrogens with zero attached hydrogens (tertiary/aromatic N) is 4. The maximum absolute atomic E-state index is 12.0. The van der Waals surface area contributed by atoms with E-state index >= 15 is 0 Å². The molecule has 0 fully saturated rings. The molecule has 0 amide bonds. The Morgan fingerprint density at radius 2 is 2.08 bits per heavy atom. The fourth-order valence-corrected chi connectivity index (χ4v) is 2.71. The van der Waals surface area contributed by atoms with Gasteiger partial charge in [0.15, 0.2) is 0 Å². The third kappa shape index (κ3) is 4.45. The van der Waals surface area contributed by atoms with Gasteiger partial charge in [-0.1, -0.05) is 18.5 Å². The van der Waals surface area contributed by atoms with Crippen LogP contribution in [0.5, 0.6) is 0 Å². The molecule has 2 atom stereocenters. The Labute approximate surface area is 150 Å². The molecule has 0 aromatic carbocycles. The second-order valence-corrected chi connectivity index (χ2v) is 6.38. The van der Waals surface area contributed by atoms with E-state index in [2.05, 4.69) is 25.4 Å². The lowest BCUT2D eigenvalue weighted by molar-refractivity contribution is 0.533. The van der Waals surface area contributed by atoms with E-state index < -0.39 is 0 Å². The Bertz CT molecular complexity index is 891. The van der Waals surface area contributed by atoms with Crippen molar-refractivity contribution in [1.82, 2.24) is 24.7 Å². The van der Waals surface area contributed by atoms with Gasteiger partial charge in [0.2, 0.25) is 5.95 Å². The summed E-state index contributed by atoms with van der Waals surface area (Å²) in [7, 11) is 0. The number of hydrogen-bond donors (Lipinski definition) is 2. The molecule has 0 aliphatic heterocycles. The predicted molar refractivity (Wildman–Crippen MR) is 96.8 cm³/mol. The third-order valence-electron chi connectivity index (χ3n) is 3.89. The van der Waals surface area contributed by atoms with Crippen LogP contribution in [0.2, 0.25) is 5.02 Å². The van der Waals surface area contributed by atoms with Crippen LogP contribution in [-0.4, -0.2) is 24.7 Å². The smallest absolute Gasteiger partial charge is 0.252 e. The van der Waals surface area contributed by atoms with E-state index in [9.17, 15) is 4.79 Å². The van der Waals surface area contributed by atoms with Gasteiger partial charge in [-0.15, -0.1) is 0 Å². The van der Waals surface area contributed by atoms with Crippen LogP contribution in [-0.2, 0) is 6.54 Å². The Morgan fingerprint density at radius 1 is 1.32 bits per heavy atom. The van der Waals surface area contributed by atoms with Crippen LogP contribution >= 0.6 is 11.6 Å². The highest BCUT2D eigenvalue weighted by atomic mass is 35.5. The largest absolute Gasteiger partial charge is 0.349 e. The van der Waals surface area contributed by atoms with Crippen molar-refractivity contribution in [3.05, 3.63) is 69.6 Å². The molecule has 25 heavy (non-hydrogen) atoms. The van der Waals surface area contributed by atoms with Crippen LogP contribution in [0, 0.1) is 0 Å². The van der Waals surface area contributed by atoms with Gasteiger partial charge in [0.25, 0.3) is 5.56 Å². The third-order valence-corrected chi connectivity index (χ3v) is 4.08. The highest BCUT2D eigenvalue weighted by Gasteiger charge is 2.13. The minimum Gasteiger partial charge on any atom is -0.349 e. The molecule has 3 heterocycles. The number of nitrogens with one attached hydrogen (secondary N) is 2. The molecule has 0 saturated carbocycles. The van der Waals surface area contributed by atoms with E-state index in [0.717, 1.165) is 5.56 Å². The molecule has 7 nitrogen and oxygen atoms in total. The molecule has 0 unspecified atom stereocenters. The number of anilines is 1. The van der Waals surface area contributed by atoms with Gasteiger partial charge in [0, 0.05) is 37.1 Å². The second kappa shape index (κ2) is 7.48. The number of aromatic nitrogens is 5. The zero-order valence-electron chi connectivity index (χ0n) is 14.0. The Morgan fingerprint density at radius 3 is 2.76 bits per heavy atom. The van der Waals surface area contributed by atoms with Gasteiger partial charge in [0.1, 0.15) is 0 Å². The molecule has 3 rings (SSSR count). The summed E-state index contributed by atoms with van der Waals surface area (Å²) in [6.45, 7) is 4.58. The van der Waals surface area contributed by atoms with E-state index in [1.54, 1.807) is 29.5 Å². The van der Waals surface area contributed by atoms with Gasteiger partial charge in [-0.3, -0.25) is 19.4 Å². The van der Waals surface area contributed by atoms with Gasteiger partial charge >= 0.3 is 0 Å². The predicted octanol–water partition coefficient (Wildman–Crippen LogP) is 2.99. The van der Waals surface area contributed by atoms with Crippen LogP contribution < -0.4 is 10.9 Å². The van der Waals surface area contributed by atoms with E-state index in [1.165, 1.54) is 6.07 Å². The van der Waals surface area contributed by atoms with Crippen molar-refractivity contribution in [2.45, 2.75) is 32.4 Å². The van der Waals surface area contributed by atoms with Crippen molar-refractivity contribution in [3.8, 4) is 0 Å². The maximum atomic E-state index is 12.0. The van der Waals surface area contributed by atoms with Gasteiger partial charge in [-0.25, -0.2) is 4.98 Å². The Kier molecular flexibility index (Phi) is 5.14. The SMILES string of the molecule is C[C@H](Nc1nc([C@@H](C)Cn2cc(Cl)cn2)cc(=O)[nH]1)c1ccncc1. The minimum absolute atomic E-state index is 0.00930. The normalized spacial score (nSPS) is 13.4. The van der Waals surface area contributed by atoms with Crippen LogP contribution in [0.15, 0.2) is 47.8 Å². The molecule has 130 valence electrons. The minimum atomic E-state index is -0.195. The lowest BCUT2D eigenvalue weighted by atomic mass is 10.1. The Hall–Kier alpha value is -2.67. The summed E-state index contributed by atoms with van der Waals surface area (Å²) >= 11 is 5.89. The molecule has 0 bridgehead atoms. The first-order valence-corrected chi connectivity index (χ1v) is 8.34. The summed E-state index contributed by atoms with van der Waals surface area (Å²) in [5.41, 5.74) is 1.56. The second-order valence-electron chi connectivity index (χ2n) is 5.95. The molecule has 0 spiro atoms. The van der Waals surface area contributed by atoms with Gasteiger partial charge in [-0.05, 0) is 24.6 Å². The topological polar surface area (TPSA) is 88.5 Å². The zero-order valence-corrected chi connectivity index (χ0v) is 14.7. The quantitative estimate of drug-likeness (QED) is 0.707. The first-order valence-electron chi connectivity index (χ1n) is 7.97. The first kappa shape index (κ1) is 17.2. The molecule has 8 heteroatoms. The monoisotopic (exact) mass is 358 g/mol. The van der Waals surface area contributed by atoms with E-state index in [1.807, 2.05) is 26.0 Å². The Balaban J connectivity index is 1.77. The maximum Gasteiger partial charge on any atom is 0.252 e. The molecular formula is C17H19ClN6O. The van der Waals surface area contributed by atoms with Crippen LogP contribution in [0.3, 0.4) is 0 Å². The number of hydrogen-bond acceptors (Lipinski definition) is 5. The van der Waals surface area contributed by atoms with Crippen LogP contribution in [0.4, 0.5) is 5.95 Å². The number of H-pyrrole nitrogens is 1. The molecule has 3 aromatic heterocycles. The average Bonchev–Trinajstić information content (AvgIpc) is 3.00. The lowest BCUT2D eigenvalue weighted by Crippen LogP contribution is -2.18. The van der Waals surface area contributed by atoms with Crippen LogP contribution in [0.25, 0.3) is 0 Å². The summed E-state index contributed by atoms with van der Waals surface area (Å²) in [5.74, 6) is 0.451. The molecule has 0 aliphatic rings. The molecular weight excluding hydrogens is 340 g/mol. The van der Waals surface area contributed by atoms with Crippen molar-refractivity contribution < 1.29 is 0 Å². The summed E-state index contributed by atoms with van der Waals surface area (Å²) < 4.78 is 1.74. The standard InChI is InChI=1S/C17H19ClN6O/c1-11(9-24-10-14(18)8-20-24)15-7-16(25)23-17(22-15)21-12(2)13-3-5-19-6-4-13/h3-8,10-12H,9H2,1-2H3,(H2,21,22,23,25)/t11-,12-/m0/s1. The van der Waals surface area contributed by atoms with Gasteiger partial charge in [-0.2, -0.15) is 5.10 Å². The first-order chi connectivity index (χ1) is 12.0. The van der Waals surface area contributed by atoms with Crippen molar-refractivity contribution >= 4 is 17.5 Å². The average molecular weight is 359 g/mol. The fraction of sp³-hybridized carbons (Fsp3) is 0.294. The summed E-state index contributed by atoms with van der Waals surface area (Å²) in [5, 5.41) is 7.97. The van der Waals surface area contributed by atoms with E-state index in [4.69, 9.17) is 11.6 Å². The highest BCUT2D eigenvalue weighted by molar-refractivity contribution is 6.30. The van der Waals surface area contributed by atoms with Crippen molar-refractivity contribution in [3.63, 3.8) is 0 Å². The molecule has 0 aliphatic carbocycles. The summed E-state index contributed by atoms with van der Waals surface area (Å²) in [6.07, 6.45) is 6.80. The van der Waals surface area contributed by atoms with Crippen LogP contribution in [0.1, 0.15) is 37.1 Å². The molecule has 0 radical (unpaired) electrons. The summed E-state index contributed by atoms with van der Waals surface area (Å²) in [4.78, 5) is 23.3. The number of rotatable bonds is 6. The summed E-state index contributed by atoms with van der Waals surface area (Å²) in [6, 6.07) is 5.34. The molecule has 0 saturated heterocycles. The van der Waals surface area contributed by atoms with Crippen molar-refractivity contribution in [2.75, 3.05) is 5.32 Å².